The van der Waals surface area contributed by atoms with Gasteiger partial charge in [0.25, 0.3) is 0 Å². The zero-order valence-corrected chi connectivity index (χ0v) is 14.2. The number of nitrogens with zero attached hydrogens (tertiary/aromatic N) is 1. The van der Waals surface area contributed by atoms with E-state index >= 15 is 0 Å². The fourth-order valence-electron chi connectivity index (χ4n) is 2.77. The van der Waals surface area contributed by atoms with Crippen LogP contribution in [-0.2, 0) is 0 Å². The van der Waals surface area contributed by atoms with Crippen molar-refractivity contribution in [3.63, 3.8) is 0 Å². The van der Waals surface area contributed by atoms with Crippen LogP contribution >= 0.6 is 0 Å². The van der Waals surface area contributed by atoms with Crippen molar-refractivity contribution in [3.8, 4) is 0 Å². The lowest BCUT2D eigenvalue weighted by molar-refractivity contribution is 0.192. The normalized spacial score (nSPS) is 14.6. The number of benzene rings is 1. The van der Waals surface area contributed by atoms with Crippen LogP contribution < -0.4 is 5.32 Å². The molecular formula is C18H32N2. The van der Waals surface area contributed by atoms with E-state index in [2.05, 4.69) is 70.0 Å². The van der Waals surface area contributed by atoms with Gasteiger partial charge in [0.1, 0.15) is 0 Å². The van der Waals surface area contributed by atoms with Gasteiger partial charge in [0.05, 0.1) is 0 Å². The molecule has 0 aliphatic carbocycles. The van der Waals surface area contributed by atoms with Gasteiger partial charge in [-0.1, -0.05) is 44.5 Å². The highest BCUT2D eigenvalue weighted by molar-refractivity contribution is 5.33. The van der Waals surface area contributed by atoms with Gasteiger partial charge in [-0.05, 0) is 51.4 Å². The van der Waals surface area contributed by atoms with Crippen molar-refractivity contribution >= 4 is 0 Å². The molecule has 2 nitrogen and oxygen atoms in total. The molecule has 0 aliphatic heterocycles. The number of rotatable bonds is 8. The first-order valence-electron chi connectivity index (χ1n) is 8.07. The average Bonchev–Trinajstić information content (AvgIpc) is 2.45. The topological polar surface area (TPSA) is 15.3 Å². The summed E-state index contributed by atoms with van der Waals surface area (Å²) in [5.41, 5.74) is 4.19. The summed E-state index contributed by atoms with van der Waals surface area (Å²) >= 11 is 0. The minimum Gasteiger partial charge on any atom is -0.309 e. The molecule has 2 atom stereocenters. The van der Waals surface area contributed by atoms with Crippen LogP contribution in [-0.4, -0.2) is 30.6 Å². The van der Waals surface area contributed by atoms with Crippen LogP contribution in [0.25, 0.3) is 0 Å². The van der Waals surface area contributed by atoms with Crippen molar-refractivity contribution in [3.05, 3.63) is 34.9 Å². The van der Waals surface area contributed by atoms with Crippen molar-refractivity contribution < 1.29 is 0 Å². The summed E-state index contributed by atoms with van der Waals surface area (Å²) in [5, 5.41) is 3.67. The van der Waals surface area contributed by atoms with E-state index < -0.39 is 0 Å². The molecule has 0 bridgehead atoms. The maximum Gasteiger partial charge on any atom is 0.0452 e. The van der Waals surface area contributed by atoms with E-state index in [1.165, 1.54) is 23.1 Å². The van der Waals surface area contributed by atoms with Gasteiger partial charge in [-0.3, -0.25) is 4.90 Å². The maximum absolute atomic E-state index is 3.67. The summed E-state index contributed by atoms with van der Waals surface area (Å²) < 4.78 is 0. The van der Waals surface area contributed by atoms with Crippen LogP contribution in [0.15, 0.2) is 18.2 Å². The molecule has 1 N–H and O–H groups in total. The second kappa shape index (κ2) is 8.43. The third-order valence-electron chi connectivity index (χ3n) is 4.30. The molecule has 0 aromatic heterocycles. The predicted molar refractivity (Wildman–Crippen MR) is 89.3 cm³/mol. The predicted octanol–water partition coefficient (Wildman–Crippen LogP) is 4.07. The first-order chi connectivity index (χ1) is 9.53. The van der Waals surface area contributed by atoms with Crippen LogP contribution in [0, 0.1) is 13.8 Å². The first kappa shape index (κ1) is 17.2. The molecule has 0 spiro atoms. The zero-order valence-electron chi connectivity index (χ0n) is 14.2. The highest BCUT2D eigenvalue weighted by atomic mass is 15.2. The molecule has 0 fully saturated rings. The van der Waals surface area contributed by atoms with Gasteiger partial charge in [0.15, 0.2) is 0 Å². The summed E-state index contributed by atoms with van der Waals surface area (Å²) in [6, 6.07) is 7.86. The van der Waals surface area contributed by atoms with Gasteiger partial charge in [0, 0.05) is 18.6 Å². The van der Waals surface area contributed by atoms with E-state index in [0.29, 0.717) is 12.1 Å². The molecule has 0 saturated heterocycles. The fourth-order valence-corrected chi connectivity index (χ4v) is 2.77. The van der Waals surface area contributed by atoms with E-state index in [-0.39, 0.29) is 0 Å². The zero-order chi connectivity index (χ0) is 15.1. The Morgan fingerprint density at radius 1 is 1.15 bits per heavy atom. The Morgan fingerprint density at radius 2 is 1.85 bits per heavy atom. The highest BCUT2D eigenvalue weighted by Gasteiger charge is 2.19. The number of hydrogen-bond acceptors (Lipinski definition) is 2. The minimum atomic E-state index is 0.425. The van der Waals surface area contributed by atoms with E-state index in [1.807, 2.05) is 0 Å². The van der Waals surface area contributed by atoms with Crippen molar-refractivity contribution in [1.29, 1.82) is 0 Å². The molecule has 114 valence electrons. The Bertz CT molecular complexity index is 400. The number of likely N-dealkylation sites (N-methyl/N-ethyl adjacent to an activating group) is 2. The standard InChI is InChI=1S/C18H32N2/c1-7-16(6)20(9-3)13-18(19-8-2)17-12-14(4)10-11-15(17)5/h10-12,16,18-19H,7-9,13H2,1-6H3. The second-order valence-electron chi connectivity index (χ2n) is 5.82. The number of hydrogen-bond donors (Lipinski definition) is 1. The smallest absolute Gasteiger partial charge is 0.0452 e. The lowest BCUT2D eigenvalue weighted by atomic mass is 9.98. The molecule has 0 heterocycles. The third kappa shape index (κ3) is 4.60. The quantitative estimate of drug-likeness (QED) is 0.770. The fraction of sp³-hybridized carbons (Fsp3) is 0.667. The van der Waals surface area contributed by atoms with Gasteiger partial charge >= 0.3 is 0 Å². The molecule has 2 heteroatoms. The Morgan fingerprint density at radius 3 is 2.40 bits per heavy atom. The Hall–Kier alpha value is -0.860. The average molecular weight is 276 g/mol. The molecule has 0 amide bonds. The van der Waals surface area contributed by atoms with Crippen LogP contribution in [0.5, 0.6) is 0 Å². The highest BCUT2D eigenvalue weighted by Crippen LogP contribution is 2.21. The Balaban J connectivity index is 2.95. The monoisotopic (exact) mass is 276 g/mol. The molecule has 0 aliphatic rings. The van der Waals surface area contributed by atoms with Crippen LogP contribution in [0.1, 0.15) is 56.8 Å². The van der Waals surface area contributed by atoms with Gasteiger partial charge in [0.2, 0.25) is 0 Å². The van der Waals surface area contributed by atoms with E-state index in [4.69, 9.17) is 0 Å². The van der Waals surface area contributed by atoms with Crippen molar-refractivity contribution in [2.75, 3.05) is 19.6 Å². The maximum atomic E-state index is 3.67. The van der Waals surface area contributed by atoms with Gasteiger partial charge < -0.3 is 5.32 Å². The lowest BCUT2D eigenvalue weighted by Crippen LogP contribution is -2.40. The summed E-state index contributed by atoms with van der Waals surface area (Å²) in [6.07, 6.45) is 1.21. The molecule has 20 heavy (non-hydrogen) atoms. The van der Waals surface area contributed by atoms with Crippen LogP contribution in [0.2, 0.25) is 0 Å². The molecule has 0 radical (unpaired) electrons. The van der Waals surface area contributed by atoms with E-state index in [9.17, 15) is 0 Å². The number of aryl methyl sites for hydroxylation is 2. The van der Waals surface area contributed by atoms with Gasteiger partial charge in [-0.2, -0.15) is 0 Å². The molecule has 0 saturated carbocycles. The van der Waals surface area contributed by atoms with Crippen molar-refractivity contribution in [1.82, 2.24) is 10.2 Å². The molecule has 1 aromatic rings. The molecule has 2 unspecified atom stereocenters. The summed E-state index contributed by atoms with van der Waals surface area (Å²) in [5.74, 6) is 0. The summed E-state index contributed by atoms with van der Waals surface area (Å²) in [4.78, 5) is 2.58. The molecule has 1 rings (SSSR count). The van der Waals surface area contributed by atoms with Crippen molar-refractivity contribution in [2.45, 2.75) is 60.0 Å². The Labute approximate surface area is 125 Å². The number of nitrogens with one attached hydrogen (secondary N) is 1. The van der Waals surface area contributed by atoms with Crippen LogP contribution in [0.3, 0.4) is 0 Å². The van der Waals surface area contributed by atoms with Gasteiger partial charge in [-0.15, -0.1) is 0 Å². The minimum absolute atomic E-state index is 0.425. The third-order valence-corrected chi connectivity index (χ3v) is 4.30. The van der Waals surface area contributed by atoms with E-state index in [1.54, 1.807) is 0 Å². The lowest BCUT2D eigenvalue weighted by Gasteiger charge is -2.32. The largest absolute Gasteiger partial charge is 0.309 e. The van der Waals surface area contributed by atoms with E-state index in [0.717, 1.165) is 19.6 Å². The molecular weight excluding hydrogens is 244 g/mol. The Kier molecular flexibility index (Phi) is 7.25. The van der Waals surface area contributed by atoms with Crippen molar-refractivity contribution in [2.24, 2.45) is 0 Å². The molecule has 1 aromatic carbocycles. The first-order valence-corrected chi connectivity index (χ1v) is 8.07. The van der Waals surface area contributed by atoms with Crippen LogP contribution in [0.4, 0.5) is 0 Å². The second-order valence-corrected chi connectivity index (χ2v) is 5.82. The summed E-state index contributed by atoms with van der Waals surface area (Å²) in [6.45, 7) is 16.7. The van der Waals surface area contributed by atoms with Gasteiger partial charge in [-0.25, -0.2) is 0 Å². The SMILES string of the molecule is CCNC(CN(CC)C(C)CC)c1cc(C)ccc1C. The summed E-state index contributed by atoms with van der Waals surface area (Å²) in [7, 11) is 0.